The third kappa shape index (κ3) is 1.61. The van der Waals surface area contributed by atoms with E-state index >= 15 is 0 Å². The van der Waals surface area contributed by atoms with Crippen LogP contribution in [0.15, 0.2) is 42.5 Å². The lowest BCUT2D eigenvalue weighted by Crippen LogP contribution is -1.81. The highest BCUT2D eigenvalue weighted by Crippen LogP contribution is 2.31. The van der Waals surface area contributed by atoms with Gasteiger partial charge in [-0.1, -0.05) is 41.4 Å². The zero-order chi connectivity index (χ0) is 13.0. The van der Waals surface area contributed by atoms with Crippen LogP contribution in [0.2, 0.25) is 10.0 Å². The van der Waals surface area contributed by atoms with Crippen LogP contribution in [-0.2, 0) is 0 Å². The normalized spacial score (nSPS) is 11.7. The molecule has 2 aromatic heterocycles. The van der Waals surface area contributed by atoms with Crippen molar-refractivity contribution in [3.63, 3.8) is 0 Å². The van der Waals surface area contributed by atoms with Crippen LogP contribution in [-0.4, -0.2) is 9.97 Å². The fourth-order valence-corrected chi connectivity index (χ4v) is 2.74. The van der Waals surface area contributed by atoms with Crippen LogP contribution in [0, 0.1) is 0 Å². The van der Waals surface area contributed by atoms with Crippen molar-refractivity contribution in [2.24, 2.45) is 0 Å². The highest BCUT2D eigenvalue weighted by atomic mass is 35.5. The number of nitrogens with zero attached hydrogens (tertiary/aromatic N) is 1. The van der Waals surface area contributed by atoms with Gasteiger partial charge >= 0.3 is 0 Å². The molecule has 0 aliphatic rings. The summed E-state index contributed by atoms with van der Waals surface area (Å²) in [7, 11) is 0. The number of benzene rings is 2. The van der Waals surface area contributed by atoms with Gasteiger partial charge in [-0.2, -0.15) is 0 Å². The Morgan fingerprint density at radius 2 is 1.68 bits per heavy atom. The smallest absolute Gasteiger partial charge is 0.0965 e. The summed E-state index contributed by atoms with van der Waals surface area (Å²) >= 11 is 12.1. The lowest BCUT2D eigenvalue weighted by Gasteiger charge is -2.01. The molecule has 0 amide bonds. The van der Waals surface area contributed by atoms with Crippen molar-refractivity contribution in [1.82, 2.24) is 9.97 Å². The van der Waals surface area contributed by atoms with Gasteiger partial charge in [0, 0.05) is 16.3 Å². The van der Waals surface area contributed by atoms with Gasteiger partial charge in [0.15, 0.2) is 0 Å². The highest BCUT2D eigenvalue weighted by Gasteiger charge is 2.08. The Hall–Kier alpha value is -1.77. The van der Waals surface area contributed by atoms with Crippen LogP contribution in [0.1, 0.15) is 0 Å². The first-order valence-electron chi connectivity index (χ1n) is 5.88. The van der Waals surface area contributed by atoms with Crippen molar-refractivity contribution in [2.45, 2.75) is 0 Å². The van der Waals surface area contributed by atoms with Crippen LogP contribution >= 0.6 is 23.2 Å². The minimum Gasteiger partial charge on any atom is -0.353 e. The van der Waals surface area contributed by atoms with E-state index in [9.17, 15) is 0 Å². The molecule has 0 atom stereocenters. The number of H-pyrrole nitrogens is 1. The standard InChI is InChI=1S/C15H8Cl2N2/c16-10-5-8-6-14-15(19-13(8)7-11(10)17)9-3-1-2-4-12(9)18-14/h1-7,18H. The van der Waals surface area contributed by atoms with E-state index in [1.165, 1.54) is 0 Å². The van der Waals surface area contributed by atoms with Gasteiger partial charge in [-0.05, 0) is 24.3 Å². The van der Waals surface area contributed by atoms with Gasteiger partial charge in [-0.3, -0.25) is 0 Å². The molecule has 2 heterocycles. The molecule has 2 nitrogen and oxygen atoms in total. The van der Waals surface area contributed by atoms with Gasteiger partial charge in [0.2, 0.25) is 0 Å². The molecule has 0 fully saturated rings. The lowest BCUT2D eigenvalue weighted by molar-refractivity contribution is 1.49. The van der Waals surface area contributed by atoms with Crippen molar-refractivity contribution >= 4 is 56.0 Å². The fourth-order valence-electron chi connectivity index (χ4n) is 2.41. The minimum atomic E-state index is 0.529. The number of fused-ring (bicyclic) bond motifs is 4. The number of halogens is 2. The van der Waals surface area contributed by atoms with Crippen molar-refractivity contribution in [2.75, 3.05) is 0 Å². The Morgan fingerprint density at radius 1 is 0.895 bits per heavy atom. The quantitative estimate of drug-likeness (QED) is 0.474. The summed E-state index contributed by atoms with van der Waals surface area (Å²) in [6, 6.07) is 13.8. The van der Waals surface area contributed by atoms with Crippen LogP contribution in [0.4, 0.5) is 0 Å². The van der Waals surface area contributed by atoms with Crippen molar-refractivity contribution in [1.29, 1.82) is 0 Å². The molecule has 0 spiro atoms. The third-order valence-electron chi connectivity index (χ3n) is 3.31. The SMILES string of the molecule is Clc1cc2cc3[nH]c4ccccc4c3nc2cc1Cl. The molecule has 0 bridgehead atoms. The average Bonchev–Trinajstić information content (AvgIpc) is 2.75. The number of hydrogen-bond acceptors (Lipinski definition) is 1. The number of hydrogen-bond donors (Lipinski definition) is 1. The summed E-state index contributed by atoms with van der Waals surface area (Å²) in [5.41, 5.74) is 3.90. The van der Waals surface area contributed by atoms with Gasteiger partial charge in [0.1, 0.15) is 0 Å². The van der Waals surface area contributed by atoms with Gasteiger partial charge in [-0.25, -0.2) is 4.98 Å². The van der Waals surface area contributed by atoms with Crippen molar-refractivity contribution in [3.05, 3.63) is 52.5 Å². The number of para-hydroxylation sites is 1. The van der Waals surface area contributed by atoms with Crippen molar-refractivity contribution < 1.29 is 0 Å². The zero-order valence-electron chi connectivity index (χ0n) is 9.74. The average molecular weight is 287 g/mol. The summed E-state index contributed by atoms with van der Waals surface area (Å²) in [6.07, 6.45) is 0. The van der Waals surface area contributed by atoms with E-state index < -0.39 is 0 Å². The summed E-state index contributed by atoms with van der Waals surface area (Å²) in [5, 5.41) is 3.17. The molecule has 0 saturated carbocycles. The molecular weight excluding hydrogens is 279 g/mol. The number of pyridine rings is 1. The van der Waals surface area contributed by atoms with Gasteiger partial charge in [0.25, 0.3) is 0 Å². The summed E-state index contributed by atoms with van der Waals surface area (Å²) in [4.78, 5) is 8.06. The fraction of sp³-hybridized carbons (Fsp3) is 0. The molecule has 0 unspecified atom stereocenters. The monoisotopic (exact) mass is 286 g/mol. The number of aromatic amines is 1. The van der Waals surface area contributed by atoms with E-state index in [1.807, 2.05) is 24.3 Å². The maximum absolute atomic E-state index is 6.05. The second kappa shape index (κ2) is 3.86. The van der Waals surface area contributed by atoms with E-state index in [0.717, 1.165) is 32.8 Å². The van der Waals surface area contributed by atoms with Crippen LogP contribution < -0.4 is 0 Å². The van der Waals surface area contributed by atoms with Gasteiger partial charge in [-0.15, -0.1) is 0 Å². The molecule has 0 saturated heterocycles. The number of nitrogens with one attached hydrogen (secondary N) is 1. The first kappa shape index (κ1) is 11.1. The maximum atomic E-state index is 6.05. The molecule has 4 aromatic rings. The summed E-state index contributed by atoms with van der Waals surface area (Å²) < 4.78 is 0. The second-order valence-corrected chi connectivity index (χ2v) is 5.33. The molecule has 92 valence electrons. The molecule has 2 aromatic carbocycles. The predicted molar refractivity (Wildman–Crippen MR) is 81.1 cm³/mol. The van der Waals surface area contributed by atoms with E-state index in [-0.39, 0.29) is 0 Å². The Labute approximate surface area is 119 Å². The predicted octanol–water partition coefficient (Wildman–Crippen LogP) is 5.18. The molecule has 1 N–H and O–H groups in total. The molecule has 0 aliphatic carbocycles. The van der Waals surface area contributed by atoms with Crippen LogP contribution in [0.3, 0.4) is 0 Å². The van der Waals surface area contributed by atoms with Crippen molar-refractivity contribution in [3.8, 4) is 0 Å². The van der Waals surface area contributed by atoms with Crippen LogP contribution in [0.5, 0.6) is 0 Å². The van der Waals surface area contributed by atoms with Gasteiger partial charge < -0.3 is 4.98 Å². The number of aromatic nitrogens is 2. The molecule has 4 rings (SSSR count). The topological polar surface area (TPSA) is 28.7 Å². The Balaban J connectivity index is 2.21. The minimum absolute atomic E-state index is 0.529. The van der Waals surface area contributed by atoms with Gasteiger partial charge in [0.05, 0.1) is 26.6 Å². The zero-order valence-corrected chi connectivity index (χ0v) is 11.3. The van der Waals surface area contributed by atoms with E-state index in [0.29, 0.717) is 10.0 Å². The maximum Gasteiger partial charge on any atom is 0.0965 e. The highest BCUT2D eigenvalue weighted by molar-refractivity contribution is 6.42. The first-order valence-corrected chi connectivity index (χ1v) is 6.64. The lowest BCUT2D eigenvalue weighted by atomic mass is 10.2. The Morgan fingerprint density at radius 3 is 2.58 bits per heavy atom. The Bertz CT molecular complexity index is 941. The second-order valence-electron chi connectivity index (χ2n) is 4.51. The van der Waals surface area contributed by atoms with E-state index in [2.05, 4.69) is 17.1 Å². The summed E-state index contributed by atoms with van der Waals surface area (Å²) in [5.74, 6) is 0. The molecular formula is C15H8Cl2N2. The number of rotatable bonds is 0. The molecule has 19 heavy (non-hydrogen) atoms. The molecule has 4 heteroatoms. The largest absolute Gasteiger partial charge is 0.353 e. The Kier molecular flexibility index (Phi) is 2.25. The molecule has 0 radical (unpaired) electrons. The third-order valence-corrected chi connectivity index (χ3v) is 4.03. The van der Waals surface area contributed by atoms with Crippen LogP contribution in [0.25, 0.3) is 32.8 Å². The summed E-state index contributed by atoms with van der Waals surface area (Å²) in [6.45, 7) is 0. The van der Waals surface area contributed by atoms with E-state index in [1.54, 1.807) is 6.07 Å². The van der Waals surface area contributed by atoms with E-state index in [4.69, 9.17) is 28.2 Å². The first-order chi connectivity index (χ1) is 9.22. The molecule has 0 aliphatic heterocycles.